The van der Waals surface area contributed by atoms with Gasteiger partial charge in [0, 0.05) is 6.42 Å². The summed E-state index contributed by atoms with van der Waals surface area (Å²) in [6, 6.07) is 3.50. The average molecular weight is 236 g/mol. The third-order valence-electron chi connectivity index (χ3n) is 2.95. The number of rotatable bonds is 3. The van der Waals surface area contributed by atoms with Crippen molar-refractivity contribution in [2.24, 2.45) is 11.1 Å². The summed E-state index contributed by atoms with van der Waals surface area (Å²) in [6.07, 6.45) is 0.260. The fourth-order valence-electron chi connectivity index (χ4n) is 1.96. The van der Waals surface area contributed by atoms with Crippen LogP contribution < -0.4 is 5.73 Å². The summed E-state index contributed by atoms with van der Waals surface area (Å²) < 4.78 is 5.39. The smallest absolute Gasteiger partial charge is 0.235 e. The van der Waals surface area contributed by atoms with Crippen LogP contribution in [0.5, 0.6) is 0 Å². The third-order valence-corrected chi connectivity index (χ3v) is 2.95. The van der Waals surface area contributed by atoms with E-state index in [0.29, 0.717) is 18.1 Å². The molecule has 1 aliphatic rings. The fraction of sp³-hybridized carbons (Fsp3) is 0.500. The molecule has 0 atom stereocenters. The van der Waals surface area contributed by atoms with E-state index in [9.17, 15) is 9.59 Å². The lowest BCUT2D eigenvalue weighted by Gasteiger charge is -2.16. The van der Waals surface area contributed by atoms with Gasteiger partial charge in [-0.05, 0) is 12.1 Å². The Bertz CT molecular complexity index is 462. The number of amides is 2. The summed E-state index contributed by atoms with van der Waals surface area (Å²) in [5, 5.41) is 0. The van der Waals surface area contributed by atoms with E-state index >= 15 is 0 Å². The maximum atomic E-state index is 12.0. The van der Waals surface area contributed by atoms with Gasteiger partial charge >= 0.3 is 0 Å². The molecule has 1 aromatic rings. The zero-order valence-electron chi connectivity index (χ0n) is 10.0. The summed E-state index contributed by atoms with van der Waals surface area (Å²) in [6.45, 7) is 4.07. The molecule has 0 aliphatic carbocycles. The van der Waals surface area contributed by atoms with Crippen LogP contribution in [0.3, 0.4) is 0 Å². The Kier molecular flexibility index (Phi) is 2.79. The molecule has 17 heavy (non-hydrogen) atoms. The third kappa shape index (κ3) is 2.10. The maximum absolute atomic E-state index is 12.0. The lowest BCUT2D eigenvalue weighted by molar-refractivity contribution is -0.141. The molecular weight excluding hydrogens is 220 g/mol. The summed E-state index contributed by atoms with van der Waals surface area (Å²) >= 11 is 0. The lowest BCUT2D eigenvalue weighted by atomic mass is 9.92. The molecule has 1 fully saturated rings. The van der Waals surface area contributed by atoms with E-state index in [1.807, 2.05) is 0 Å². The number of carbonyl (C=O) groups excluding carboxylic acids is 2. The minimum atomic E-state index is -0.597. The van der Waals surface area contributed by atoms with Crippen molar-refractivity contribution >= 4 is 11.8 Å². The van der Waals surface area contributed by atoms with E-state index in [1.54, 1.807) is 26.0 Å². The predicted octanol–water partition coefficient (Wildman–Crippen LogP) is 1.02. The molecule has 1 aromatic heterocycles. The number of nitrogens with two attached hydrogens (primary N) is 1. The van der Waals surface area contributed by atoms with Crippen molar-refractivity contribution in [2.75, 3.05) is 0 Å². The lowest BCUT2D eigenvalue weighted by Crippen LogP contribution is -2.32. The standard InChI is InChI=1S/C12H16N2O3/c1-12(2)5-10(15)14(11(12)16)7-9-4-3-8(6-13)17-9/h3-4H,5-7,13H2,1-2H3. The van der Waals surface area contributed by atoms with Crippen molar-refractivity contribution in [3.05, 3.63) is 23.7 Å². The molecule has 2 amide bonds. The van der Waals surface area contributed by atoms with Crippen molar-refractivity contribution in [1.29, 1.82) is 0 Å². The molecule has 92 valence electrons. The van der Waals surface area contributed by atoms with Gasteiger partial charge in [-0.1, -0.05) is 13.8 Å². The van der Waals surface area contributed by atoms with E-state index in [2.05, 4.69) is 0 Å². The van der Waals surface area contributed by atoms with Crippen LogP contribution in [0.4, 0.5) is 0 Å². The van der Waals surface area contributed by atoms with Gasteiger partial charge < -0.3 is 10.2 Å². The number of imide groups is 1. The van der Waals surface area contributed by atoms with Gasteiger partial charge in [0.1, 0.15) is 11.5 Å². The van der Waals surface area contributed by atoms with Crippen molar-refractivity contribution in [3.8, 4) is 0 Å². The van der Waals surface area contributed by atoms with E-state index in [-0.39, 0.29) is 24.8 Å². The topological polar surface area (TPSA) is 76.5 Å². The summed E-state index contributed by atoms with van der Waals surface area (Å²) in [7, 11) is 0. The van der Waals surface area contributed by atoms with Crippen LogP contribution in [0.15, 0.2) is 16.5 Å². The van der Waals surface area contributed by atoms with Crippen molar-refractivity contribution in [1.82, 2.24) is 4.90 Å². The van der Waals surface area contributed by atoms with Crippen molar-refractivity contribution in [3.63, 3.8) is 0 Å². The van der Waals surface area contributed by atoms with Gasteiger partial charge in [-0.25, -0.2) is 0 Å². The molecule has 0 bridgehead atoms. The molecular formula is C12H16N2O3. The first-order valence-electron chi connectivity index (χ1n) is 5.56. The molecule has 1 saturated heterocycles. The Morgan fingerprint density at radius 2 is 2.00 bits per heavy atom. The van der Waals surface area contributed by atoms with E-state index in [1.165, 1.54) is 4.90 Å². The van der Waals surface area contributed by atoms with Gasteiger partial charge in [0.25, 0.3) is 0 Å². The molecule has 5 nitrogen and oxygen atoms in total. The highest BCUT2D eigenvalue weighted by Crippen LogP contribution is 2.32. The minimum Gasteiger partial charge on any atom is -0.463 e. The first-order chi connectivity index (χ1) is 7.94. The summed E-state index contributed by atoms with van der Waals surface area (Å²) in [5.74, 6) is 0.946. The van der Waals surface area contributed by atoms with Gasteiger partial charge in [0.2, 0.25) is 11.8 Å². The second-order valence-corrected chi connectivity index (χ2v) is 4.92. The normalized spacial score (nSPS) is 19.1. The molecule has 2 rings (SSSR count). The van der Waals surface area contributed by atoms with Crippen LogP contribution >= 0.6 is 0 Å². The SMILES string of the molecule is CC1(C)CC(=O)N(Cc2ccc(CN)o2)C1=O. The number of furan rings is 1. The summed E-state index contributed by atoms with van der Waals surface area (Å²) in [4.78, 5) is 24.9. The highest BCUT2D eigenvalue weighted by atomic mass is 16.3. The summed E-state index contributed by atoms with van der Waals surface area (Å²) in [5.41, 5.74) is 4.83. The van der Waals surface area contributed by atoms with Crippen LogP contribution in [-0.2, 0) is 22.7 Å². The van der Waals surface area contributed by atoms with Gasteiger partial charge in [0.05, 0.1) is 18.5 Å². The van der Waals surface area contributed by atoms with E-state index in [4.69, 9.17) is 10.2 Å². The number of nitrogens with zero attached hydrogens (tertiary/aromatic N) is 1. The molecule has 2 N–H and O–H groups in total. The highest BCUT2D eigenvalue weighted by molar-refractivity contribution is 6.05. The van der Waals surface area contributed by atoms with Crippen LogP contribution in [0, 0.1) is 5.41 Å². The molecule has 1 aliphatic heterocycles. The Balaban J connectivity index is 2.14. The fourth-order valence-corrected chi connectivity index (χ4v) is 1.96. The van der Waals surface area contributed by atoms with Gasteiger partial charge in [-0.3, -0.25) is 14.5 Å². The first kappa shape index (κ1) is 11.9. The second kappa shape index (κ2) is 4.00. The molecule has 0 aromatic carbocycles. The first-order valence-corrected chi connectivity index (χ1v) is 5.56. The highest BCUT2D eigenvalue weighted by Gasteiger charge is 2.44. The molecule has 0 saturated carbocycles. The van der Waals surface area contributed by atoms with Crippen LogP contribution in [0.2, 0.25) is 0 Å². The number of hydrogen-bond acceptors (Lipinski definition) is 4. The second-order valence-electron chi connectivity index (χ2n) is 4.92. The molecule has 2 heterocycles. The zero-order valence-corrected chi connectivity index (χ0v) is 10.0. The molecule has 0 unspecified atom stereocenters. The number of hydrogen-bond donors (Lipinski definition) is 1. The van der Waals surface area contributed by atoms with Gasteiger partial charge in [-0.15, -0.1) is 0 Å². The Hall–Kier alpha value is -1.62. The molecule has 0 spiro atoms. The Labute approximate surface area is 99.6 Å². The van der Waals surface area contributed by atoms with Crippen LogP contribution in [0.1, 0.15) is 31.8 Å². The maximum Gasteiger partial charge on any atom is 0.235 e. The number of carbonyl (C=O) groups is 2. The molecule has 0 radical (unpaired) electrons. The Morgan fingerprint density at radius 3 is 2.47 bits per heavy atom. The van der Waals surface area contributed by atoms with Crippen LogP contribution in [0.25, 0.3) is 0 Å². The van der Waals surface area contributed by atoms with Crippen molar-refractivity contribution < 1.29 is 14.0 Å². The predicted molar refractivity (Wildman–Crippen MR) is 60.6 cm³/mol. The average Bonchev–Trinajstić information content (AvgIpc) is 2.78. The van der Waals surface area contributed by atoms with Gasteiger partial charge in [-0.2, -0.15) is 0 Å². The largest absolute Gasteiger partial charge is 0.463 e. The van der Waals surface area contributed by atoms with Crippen molar-refractivity contribution in [2.45, 2.75) is 33.4 Å². The van der Waals surface area contributed by atoms with Gasteiger partial charge in [0.15, 0.2) is 0 Å². The molecule has 5 heteroatoms. The monoisotopic (exact) mass is 236 g/mol. The Morgan fingerprint density at radius 1 is 1.35 bits per heavy atom. The van der Waals surface area contributed by atoms with E-state index in [0.717, 1.165) is 0 Å². The van der Waals surface area contributed by atoms with Crippen LogP contribution in [-0.4, -0.2) is 16.7 Å². The zero-order chi connectivity index (χ0) is 12.6. The quantitative estimate of drug-likeness (QED) is 0.795. The van der Waals surface area contributed by atoms with E-state index < -0.39 is 5.41 Å². The minimum absolute atomic E-state index is 0.145. The number of likely N-dealkylation sites (tertiary alicyclic amines) is 1.